The Morgan fingerprint density at radius 1 is 0.909 bits per heavy atom. The van der Waals surface area contributed by atoms with E-state index < -0.39 is 0 Å². The van der Waals surface area contributed by atoms with Crippen molar-refractivity contribution < 1.29 is 14.5 Å². The first kappa shape index (κ1) is 14.4. The molecule has 112 valence electrons. The number of H-pyrrole nitrogens is 1. The van der Waals surface area contributed by atoms with Crippen molar-refractivity contribution in [2.24, 2.45) is 0 Å². The van der Waals surface area contributed by atoms with Crippen molar-refractivity contribution in [1.82, 2.24) is 0 Å². The van der Waals surface area contributed by atoms with E-state index in [9.17, 15) is 0 Å². The fourth-order valence-electron chi connectivity index (χ4n) is 2.35. The van der Waals surface area contributed by atoms with Gasteiger partial charge in [-0.2, -0.15) is 0 Å². The Labute approximate surface area is 133 Å². The average molecular weight is 313 g/mol. The summed E-state index contributed by atoms with van der Waals surface area (Å²) in [6.45, 7) is 0. The molecule has 0 radical (unpaired) electrons. The van der Waals surface area contributed by atoms with Crippen molar-refractivity contribution in [2.75, 3.05) is 20.0 Å². The summed E-state index contributed by atoms with van der Waals surface area (Å²) < 4.78 is 10.7. The number of methoxy groups -OCH3 is 2. The summed E-state index contributed by atoms with van der Waals surface area (Å²) in [5.41, 5.74) is 9.10. The van der Waals surface area contributed by atoms with E-state index >= 15 is 0 Å². The molecular weight excluding hydrogens is 296 g/mol. The molecule has 0 aliphatic rings. The minimum Gasteiger partial charge on any atom is -0.493 e. The van der Waals surface area contributed by atoms with Gasteiger partial charge in [-0.15, -0.1) is 0 Å². The van der Waals surface area contributed by atoms with Crippen LogP contribution in [0.2, 0.25) is 0 Å². The molecule has 0 aliphatic carbocycles. The van der Waals surface area contributed by atoms with Crippen LogP contribution in [0.1, 0.15) is 0 Å². The molecule has 1 heterocycles. The molecular formula is C17H17N2O2S+. The van der Waals surface area contributed by atoms with Crippen LogP contribution in [0, 0.1) is 0 Å². The van der Waals surface area contributed by atoms with Crippen LogP contribution < -0.4 is 20.2 Å². The highest BCUT2D eigenvalue weighted by Gasteiger charge is 2.18. The van der Waals surface area contributed by atoms with Crippen LogP contribution in [0.5, 0.6) is 11.5 Å². The quantitative estimate of drug-likeness (QED) is 0.802. The van der Waals surface area contributed by atoms with E-state index in [1.165, 1.54) is 11.3 Å². The summed E-state index contributed by atoms with van der Waals surface area (Å²) in [6.07, 6.45) is 0. The van der Waals surface area contributed by atoms with Crippen molar-refractivity contribution in [3.8, 4) is 33.2 Å². The number of benzene rings is 2. The second-order valence-electron chi connectivity index (χ2n) is 4.73. The fraction of sp³-hybridized carbons (Fsp3) is 0.118. The van der Waals surface area contributed by atoms with Crippen LogP contribution in [-0.2, 0) is 0 Å². The highest BCUT2D eigenvalue weighted by atomic mass is 32.1. The van der Waals surface area contributed by atoms with Crippen LogP contribution in [0.4, 0.5) is 5.13 Å². The molecule has 0 aliphatic heterocycles. The maximum Gasteiger partial charge on any atom is 0.330 e. The van der Waals surface area contributed by atoms with Crippen LogP contribution in [0.15, 0.2) is 48.5 Å². The standard InChI is InChI=1S/C17H16N2O2S/c1-20-13-9-8-12(10-14(13)21-2)15-16(22-17(18)19-15)11-6-4-3-5-7-11/h3-10H,1-2H3,(H2,18,19)/p+1. The molecule has 5 heteroatoms. The van der Waals surface area contributed by atoms with E-state index in [1.807, 2.05) is 36.4 Å². The van der Waals surface area contributed by atoms with Crippen molar-refractivity contribution in [1.29, 1.82) is 0 Å². The zero-order valence-corrected chi connectivity index (χ0v) is 13.2. The minimum atomic E-state index is 0.670. The number of thiazole rings is 1. The van der Waals surface area contributed by atoms with Gasteiger partial charge in [-0.1, -0.05) is 30.3 Å². The zero-order chi connectivity index (χ0) is 15.5. The molecule has 22 heavy (non-hydrogen) atoms. The molecule has 1 aromatic heterocycles. The first-order valence-corrected chi connectivity index (χ1v) is 7.64. The number of aromatic amines is 1. The second-order valence-corrected chi connectivity index (χ2v) is 5.78. The molecule has 0 spiro atoms. The van der Waals surface area contributed by atoms with Gasteiger partial charge in [0.05, 0.1) is 19.1 Å². The van der Waals surface area contributed by atoms with Crippen molar-refractivity contribution >= 4 is 16.5 Å². The van der Waals surface area contributed by atoms with Crippen LogP contribution in [0.3, 0.4) is 0 Å². The van der Waals surface area contributed by atoms with E-state index in [0.29, 0.717) is 16.6 Å². The lowest BCUT2D eigenvalue weighted by Crippen LogP contribution is -2.07. The topological polar surface area (TPSA) is 58.6 Å². The number of hydrogen-bond acceptors (Lipinski definition) is 4. The molecule has 4 nitrogen and oxygen atoms in total. The summed E-state index contributed by atoms with van der Waals surface area (Å²) >= 11 is 1.54. The predicted octanol–water partition coefficient (Wildman–Crippen LogP) is 3.50. The Kier molecular flexibility index (Phi) is 3.98. The molecule has 0 unspecified atom stereocenters. The molecule has 0 amide bonds. The van der Waals surface area contributed by atoms with Crippen molar-refractivity contribution in [3.05, 3.63) is 48.5 Å². The lowest BCUT2D eigenvalue weighted by atomic mass is 10.1. The van der Waals surface area contributed by atoms with Gasteiger partial charge < -0.3 is 9.47 Å². The van der Waals surface area contributed by atoms with E-state index in [4.69, 9.17) is 15.2 Å². The molecule has 0 saturated carbocycles. The van der Waals surface area contributed by atoms with E-state index in [0.717, 1.165) is 21.7 Å². The number of anilines is 1. The van der Waals surface area contributed by atoms with Gasteiger partial charge in [0.2, 0.25) is 0 Å². The average Bonchev–Trinajstić information content (AvgIpc) is 2.97. The summed E-state index contributed by atoms with van der Waals surface area (Å²) in [6, 6.07) is 16.0. The summed E-state index contributed by atoms with van der Waals surface area (Å²) in [5, 5.41) is 0.670. The Balaban J connectivity index is 2.13. The first-order valence-electron chi connectivity index (χ1n) is 6.82. The molecule has 2 aromatic carbocycles. The summed E-state index contributed by atoms with van der Waals surface area (Å²) in [5.74, 6) is 1.40. The third-order valence-corrected chi connectivity index (χ3v) is 4.36. The largest absolute Gasteiger partial charge is 0.493 e. The Bertz CT molecular complexity index is 785. The van der Waals surface area contributed by atoms with Crippen molar-refractivity contribution in [3.63, 3.8) is 0 Å². The maximum atomic E-state index is 5.99. The monoisotopic (exact) mass is 313 g/mol. The first-order chi connectivity index (χ1) is 10.7. The van der Waals surface area contributed by atoms with Gasteiger partial charge in [-0.25, -0.2) is 4.98 Å². The molecule has 3 aromatic rings. The highest BCUT2D eigenvalue weighted by Crippen LogP contribution is 2.38. The lowest BCUT2D eigenvalue weighted by Gasteiger charge is -2.08. The lowest BCUT2D eigenvalue weighted by molar-refractivity contribution is -0.340. The van der Waals surface area contributed by atoms with Gasteiger partial charge in [-0.3, -0.25) is 5.73 Å². The van der Waals surface area contributed by atoms with Gasteiger partial charge >= 0.3 is 5.13 Å². The molecule has 0 saturated heterocycles. The number of ether oxygens (including phenoxy) is 2. The summed E-state index contributed by atoms with van der Waals surface area (Å²) in [7, 11) is 3.26. The molecule has 3 N–H and O–H groups in total. The fourth-order valence-corrected chi connectivity index (χ4v) is 3.25. The van der Waals surface area contributed by atoms with E-state index in [2.05, 4.69) is 17.1 Å². The normalized spacial score (nSPS) is 10.5. The third kappa shape index (κ3) is 2.63. The number of rotatable bonds is 4. The number of aromatic nitrogens is 1. The van der Waals surface area contributed by atoms with Gasteiger partial charge in [0.15, 0.2) is 17.2 Å². The molecule has 3 rings (SSSR count). The van der Waals surface area contributed by atoms with Gasteiger partial charge in [-0.05, 0) is 35.1 Å². The number of nitrogen functional groups attached to an aromatic ring is 1. The molecule has 0 fully saturated rings. The zero-order valence-electron chi connectivity index (χ0n) is 12.4. The third-order valence-electron chi connectivity index (χ3n) is 3.40. The Hall–Kier alpha value is -2.53. The predicted molar refractivity (Wildman–Crippen MR) is 89.3 cm³/mol. The van der Waals surface area contributed by atoms with Gasteiger partial charge in [0.25, 0.3) is 0 Å². The maximum absolute atomic E-state index is 5.99. The number of nitrogens with one attached hydrogen (secondary N) is 1. The minimum absolute atomic E-state index is 0.670. The van der Waals surface area contributed by atoms with Crippen LogP contribution >= 0.6 is 11.3 Å². The molecule has 0 atom stereocenters. The second kappa shape index (κ2) is 6.07. The summed E-state index contributed by atoms with van der Waals surface area (Å²) in [4.78, 5) is 4.35. The van der Waals surface area contributed by atoms with E-state index in [1.54, 1.807) is 14.2 Å². The molecule has 0 bridgehead atoms. The number of hydrogen-bond donors (Lipinski definition) is 1. The van der Waals surface area contributed by atoms with Crippen molar-refractivity contribution in [2.45, 2.75) is 0 Å². The highest BCUT2D eigenvalue weighted by molar-refractivity contribution is 7.18. The van der Waals surface area contributed by atoms with E-state index in [-0.39, 0.29) is 0 Å². The van der Waals surface area contributed by atoms with Crippen LogP contribution in [-0.4, -0.2) is 14.2 Å². The Morgan fingerprint density at radius 2 is 1.64 bits per heavy atom. The Morgan fingerprint density at radius 3 is 2.32 bits per heavy atom. The smallest absolute Gasteiger partial charge is 0.330 e. The number of nitrogens with two attached hydrogens (primary N) is 1. The van der Waals surface area contributed by atoms with Gasteiger partial charge in [0, 0.05) is 5.56 Å². The van der Waals surface area contributed by atoms with Gasteiger partial charge in [0.1, 0.15) is 0 Å². The SMILES string of the molecule is COc1ccc(-c2[nH+]c(N)sc2-c2ccccc2)cc1OC. The van der Waals surface area contributed by atoms with Crippen LogP contribution in [0.25, 0.3) is 21.7 Å².